The van der Waals surface area contributed by atoms with Crippen molar-refractivity contribution in [3.8, 4) is 0 Å². The van der Waals surface area contributed by atoms with E-state index >= 15 is 0 Å². The number of amides is 1. The number of nitrogens with zero attached hydrogens (tertiary/aromatic N) is 1. The number of halogens is 1. The molecule has 1 saturated heterocycles. The smallest absolute Gasteiger partial charge is 0.222 e. The predicted molar refractivity (Wildman–Crippen MR) is 77.7 cm³/mol. The lowest BCUT2D eigenvalue weighted by Gasteiger charge is -2.40. The van der Waals surface area contributed by atoms with Crippen LogP contribution >= 0.6 is 0 Å². The molecule has 0 radical (unpaired) electrons. The summed E-state index contributed by atoms with van der Waals surface area (Å²) in [4.78, 5) is 13.4. The van der Waals surface area contributed by atoms with Crippen LogP contribution in [-0.2, 0) is 4.79 Å². The predicted octanol–water partition coefficient (Wildman–Crippen LogP) is 1.94. The number of anilines is 1. The summed E-state index contributed by atoms with van der Waals surface area (Å²) in [6.45, 7) is 4.32. The van der Waals surface area contributed by atoms with Crippen molar-refractivity contribution in [3.05, 3.63) is 29.6 Å². The number of para-hydroxylation sites is 1. The first-order valence-electron chi connectivity index (χ1n) is 7.01. The van der Waals surface area contributed by atoms with Gasteiger partial charge in [0.05, 0.1) is 11.6 Å². The summed E-state index contributed by atoms with van der Waals surface area (Å²) in [6, 6.07) is 4.84. The second-order valence-electron chi connectivity index (χ2n) is 5.64. The van der Waals surface area contributed by atoms with Crippen molar-refractivity contribution in [1.82, 2.24) is 0 Å². The molecule has 110 valence electrons. The first-order chi connectivity index (χ1) is 9.41. The lowest BCUT2D eigenvalue weighted by Crippen LogP contribution is -2.46. The van der Waals surface area contributed by atoms with E-state index in [0.29, 0.717) is 12.2 Å². The van der Waals surface area contributed by atoms with Gasteiger partial charge in [-0.05, 0) is 38.3 Å². The third-order valence-corrected chi connectivity index (χ3v) is 4.08. The van der Waals surface area contributed by atoms with Crippen LogP contribution in [0.4, 0.5) is 10.1 Å². The average Bonchev–Trinajstić information content (AvgIpc) is 2.39. The molecule has 0 bridgehead atoms. The summed E-state index contributed by atoms with van der Waals surface area (Å²) in [5.74, 6) is -0.843. The molecule has 1 aliphatic heterocycles. The largest absolute Gasteiger partial charge is 0.369 e. The standard InChI is InChI=1S/C15H22FN3O/c1-9-6-7-11(15(18)20)8-19(9)14-12(10(2)17)4-3-5-13(14)16/h3-5,9-11H,6-8,17H2,1-2H3,(H2,18,20). The quantitative estimate of drug-likeness (QED) is 0.888. The Hall–Kier alpha value is -1.62. The number of hydrogen-bond acceptors (Lipinski definition) is 3. The minimum Gasteiger partial charge on any atom is -0.369 e. The molecule has 0 saturated carbocycles. The van der Waals surface area contributed by atoms with Crippen molar-refractivity contribution < 1.29 is 9.18 Å². The van der Waals surface area contributed by atoms with E-state index < -0.39 is 0 Å². The molecule has 0 aromatic heterocycles. The van der Waals surface area contributed by atoms with Gasteiger partial charge in [-0.2, -0.15) is 0 Å². The van der Waals surface area contributed by atoms with Crippen LogP contribution in [0.2, 0.25) is 0 Å². The molecule has 1 amide bonds. The third kappa shape index (κ3) is 2.77. The van der Waals surface area contributed by atoms with E-state index in [1.54, 1.807) is 6.07 Å². The molecule has 1 fully saturated rings. The molecule has 3 unspecified atom stereocenters. The van der Waals surface area contributed by atoms with Gasteiger partial charge in [-0.3, -0.25) is 4.79 Å². The van der Waals surface area contributed by atoms with Crippen LogP contribution in [0.15, 0.2) is 18.2 Å². The van der Waals surface area contributed by atoms with Crippen LogP contribution in [0.25, 0.3) is 0 Å². The van der Waals surface area contributed by atoms with E-state index in [-0.39, 0.29) is 29.7 Å². The number of carbonyl (C=O) groups excluding carboxylic acids is 1. The number of benzene rings is 1. The Morgan fingerprint density at radius 2 is 2.15 bits per heavy atom. The van der Waals surface area contributed by atoms with Crippen LogP contribution in [0, 0.1) is 11.7 Å². The summed E-state index contributed by atoms with van der Waals surface area (Å²) in [6.07, 6.45) is 1.58. The summed E-state index contributed by atoms with van der Waals surface area (Å²) < 4.78 is 14.3. The van der Waals surface area contributed by atoms with Crippen LogP contribution in [-0.4, -0.2) is 18.5 Å². The first kappa shape index (κ1) is 14.8. The van der Waals surface area contributed by atoms with E-state index in [2.05, 4.69) is 0 Å². The number of rotatable bonds is 3. The molecule has 5 heteroatoms. The maximum absolute atomic E-state index is 14.3. The normalized spacial score (nSPS) is 24.5. The van der Waals surface area contributed by atoms with E-state index in [1.165, 1.54) is 6.07 Å². The van der Waals surface area contributed by atoms with Gasteiger partial charge in [-0.25, -0.2) is 4.39 Å². The highest BCUT2D eigenvalue weighted by Crippen LogP contribution is 2.34. The molecule has 20 heavy (non-hydrogen) atoms. The van der Waals surface area contributed by atoms with Gasteiger partial charge in [0.2, 0.25) is 5.91 Å². The fourth-order valence-electron chi connectivity index (χ4n) is 2.85. The number of hydrogen-bond donors (Lipinski definition) is 2. The summed E-state index contributed by atoms with van der Waals surface area (Å²) in [5, 5.41) is 0. The maximum atomic E-state index is 14.3. The molecule has 1 aliphatic rings. The minimum absolute atomic E-state index is 0.167. The van der Waals surface area contributed by atoms with Crippen molar-refractivity contribution in [2.24, 2.45) is 17.4 Å². The molecule has 1 aromatic carbocycles. The Balaban J connectivity index is 2.40. The van der Waals surface area contributed by atoms with Crippen LogP contribution in [0.1, 0.15) is 38.3 Å². The van der Waals surface area contributed by atoms with Gasteiger partial charge in [0, 0.05) is 18.6 Å². The third-order valence-electron chi connectivity index (χ3n) is 4.08. The van der Waals surface area contributed by atoms with Gasteiger partial charge in [0.25, 0.3) is 0 Å². The molecule has 4 N–H and O–H groups in total. The maximum Gasteiger partial charge on any atom is 0.222 e. The van der Waals surface area contributed by atoms with Crippen molar-refractivity contribution in [1.29, 1.82) is 0 Å². The number of nitrogens with two attached hydrogens (primary N) is 2. The van der Waals surface area contributed by atoms with E-state index in [1.807, 2.05) is 24.8 Å². The van der Waals surface area contributed by atoms with Gasteiger partial charge < -0.3 is 16.4 Å². The van der Waals surface area contributed by atoms with Gasteiger partial charge in [-0.1, -0.05) is 12.1 Å². The zero-order chi connectivity index (χ0) is 14.9. The zero-order valence-electron chi connectivity index (χ0n) is 12.0. The van der Waals surface area contributed by atoms with Crippen LogP contribution in [0.3, 0.4) is 0 Å². The summed E-state index contributed by atoms with van der Waals surface area (Å²) in [5.41, 5.74) is 12.6. The second kappa shape index (κ2) is 5.79. The molecular formula is C15H22FN3O. The number of carbonyl (C=O) groups is 1. The van der Waals surface area contributed by atoms with Gasteiger partial charge in [0.15, 0.2) is 0 Å². The first-order valence-corrected chi connectivity index (χ1v) is 7.01. The van der Waals surface area contributed by atoms with Crippen LogP contribution in [0.5, 0.6) is 0 Å². The summed E-state index contributed by atoms with van der Waals surface area (Å²) >= 11 is 0. The van der Waals surface area contributed by atoms with Crippen molar-refractivity contribution in [3.63, 3.8) is 0 Å². The average molecular weight is 279 g/mol. The van der Waals surface area contributed by atoms with Crippen molar-refractivity contribution in [2.75, 3.05) is 11.4 Å². The monoisotopic (exact) mass is 279 g/mol. The highest BCUT2D eigenvalue weighted by molar-refractivity contribution is 5.78. The molecule has 0 aliphatic carbocycles. The molecule has 4 nitrogen and oxygen atoms in total. The van der Waals surface area contributed by atoms with E-state index in [0.717, 1.165) is 18.4 Å². The van der Waals surface area contributed by atoms with E-state index in [4.69, 9.17) is 11.5 Å². The zero-order valence-corrected chi connectivity index (χ0v) is 12.0. The molecule has 0 spiro atoms. The lowest BCUT2D eigenvalue weighted by atomic mass is 9.91. The van der Waals surface area contributed by atoms with E-state index in [9.17, 15) is 9.18 Å². The Morgan fingerprint density at radius 3 is 2.75 bits per heavy atom. The Labute approximate surface area is 118 Å². The highest BCUT2D eigenvalue weighted by Gasteiger charge is 2.31. The molecule has 3 atom stereocenters. The van der Waals surface area contributed by atoms with Crippen molar-refractivity contribution >= 4 is 11.6 Å². The van der Waals surface area contributed by atoms with Gasteiger partial charge >= 0.3 is 0 Å². The van der Waals surface area contributed by atoms with Crippen LogP contribution < -0.4 is 16.4 Å². The second-order valence-corrected chi connectivity index (χ2v) is 5.64. The Morgan fingerprint density at radius 1 is 1.45 bits per heavy atom. The van der Waals surface area contributed by atoms with Crippen molar-refractivity contribution in [2.45, 2.75) is 38.8 Å². The molecular weight excluding hydrogens is 257 g/mol. The molecule has 1 heterocycles. The number of primary amides is 1. The fourth-order valence-corrected chi connectivity index (χ4v) is 2.85. The topological polar surface area (TPSA) is 72.3 Å². The molecule has 2 rings (SSSR count). The molecule has 1 aromatic rings. The van der Waals surface area contributed by atoms with Gasteiger partial charge in [0.1, 0.15) is 5.82 Å². The fraction of sp³-hybridized carbons (Fsp3) is 0.533. The number of piperidine rings is 1. The Bertz CT molecular complexity index is 504. The lowest BCUT2D eigenvalue weighted by molar-refractivity contribution is -0.122. The minimum atomic E-state index is -0.319. The summed E-state index contributed by atoms with van der Waals surface area (Å²) in [7, 11) is 0. The van der Waals surface area contributed by atoms with Gasteiger partial charge in [-0.15, -0.1) is 0 Å². The highest BCUT2D eigenvalue weighted by atomic mass is 19.1. The Kier molecular flexibility index (Phi) is 4.28. The SMILES string of the molecule is CC(N)c1cccc(F)c1N1CC(C(N)=O)CCC1C.